The van der Waals surface area contributed by atoms with Gasteiger partial charge >= 0.3 is 12.2 Å². The summed E-state index contributed by atoms with van der Waals surface area (Å²) in [5.74, 6) is -0.139. The van der Waals surface area contributed by atoms with Crippen molar-refractivity contribution >= 4 is 34.7 Å². The molecule has 0 radical (unpaired) electrons. The second-order valence-electron chi connectivity index (χ2n) is 11.2. The van der Waals surface area contributed by atoms with Crippen molar-refractivity contribution in [1.82, 2.24) is 24.5 Å². The van der Waals surface area contributed by atoms with E-state index in [1.165, 1.54) is 6.33 Å². The van der Waals surface area contributed by atoms with E-state index in [-0.39, 0.29) is 17.4 Å². The van der Waals surface area contributed by atoms with Crippen LogP contribution in [0.4, 0.5) is 35.3 Å². The molecule has 5 rings (SSSR count). The average Bonchev–Trinajstić information content (AvgIpc) is 3.27. The van der Waals surface area contributed by atoms with Crippen LogP contribution < -0.4 is 16.4 Å². The molecule has 4 heterocycles. The second-order valence-corrected chi connectivity index (χ2v) is 11.2. The number of hydrogen-bond donors (Lipinski definition) is 3. The summed E-state index contributed by atoms with van der Waals surface area (Å²) in [5, 5.41) is 9.36. The Labute approximate surface area is 245 Å². The molecule has 14 heteroatoms. The molecule has 1 fully saturated rings. The molecule has 0 bridgehead atoms. The number of fused-ring (bicyclic) bond motifs is 1. The molecule has 4 N–H and O–H groups in total. The number of rotatable bonds is 6. The number of urea groups is 1. The third-order valence-electron chi connectivity index (χ3n) is 7.00. The number of morpholine rings is 1. The van der Waals surface area contributed by atoms with E-state index in [4.69, 9.17) is 10.5 Å². The van der Waals surface area contributed by atoms with Crippen LogP contribution in [-0.2, 0) is 17.5 Å². The first-order chi connectivity index (χ1) is 20.3. The van der Waals surface area contributed by atoms with E-state index in [1.807, 2.05) is 20.8 Å². The lowest BCUT2D eigenvalue weighted by molar-refractivity contribution is -0.137. The lowest BCUT2D eigenvalue weighted by Crippen LogP contribution is -2.36. The minimum atomic E-state index is -4.57. The number of aromatic nitrogens is 4. The van der Waals surface area contributed by atoms with Crippen molar-refractivity contribution < 1.29 is 27.5 Å². The molecule has 226 valence electrons. The fraction of sp³-hybridized carbons (Fsp3) is 0.345. The van der Waals surface area contributed by atoms with E-state index in [0.29, 0.717) is 66.4 Å². The minimum absolute atomic E-state index is 0.0918. The smallest absolute Gasteiger partial charge is 0.382 e. The van der Waals surface area contributed by atoms with Crippen molar-refractivity contribution in [3.8, 4) is 11.1 Å². The van der Waals surface area contributed by atoms with Gasteiger partial charge in [-0.15, -0.1) is 0 Å². The third-order valence-corrected chi connectivity index (χ3v) is 7.00. The number of nitrogen functional groups attached to an aromatic ring is 1. The van der Waals surface area contributed by atoms with Crippen LogP contribution in [0.5, 0.6) is 0 Å². The summed E-state index contributed by atoms with van der Waals surface area (Å²) >= 11 is 0. The standard InChI is InChI=1S/C29H31F3N8O3/c1-28(2,3)25(41)23-20(15-39-10-12-43-13-11-39)40-24(26(33)35-16-36-40)22(23)17-4-6-19(7-5-17)37-27(42)38-21-14-18(8-9-34-21)29(30,31)32/h4-9,14,16H,10-13,15H2,1-3H3,(H2,33,35,36)(H2,34,37,38,42). The van der Waals surface area contributed by atoms with Crippen molar-refractivity contribution in [3.63, 3.8) is 0 Å². The monoisotopic (exact) mass is 596 g/mol. The molecule has 1 aliphatic heterocycles. The Hall–Kier alpha value is -4.56. The number of pyridine rings is 1. The van der Waals surface area contributed by atoms with Gasteiger partial charge in [-0.25, -0.2) is 19.3 Å². The van der Waals surface area contributed by atoms with Gasteiger partial charge in [0.15, 0.2) is 11.6 Å². The van der Waals surface area contributed by atoms with Gasteiger partial charge in [0, 0.05) is 42.5 Å². The van der Waals surface area contributed by atoms with Gasteiger partial charge in [-0.2, -0.15) is 18.3 Å². The summed E-state index contributed by atoms with van der Waals surface area (Å²) in [6.07, 6.45) is -2.25. The second kappa shape index (κ2) is 11.6. The van der Waals surface area contributed by atoms with Gasteiger partial charge in [0.25, 0.3) is 0 Å². The molecule has 1 aliphatic rings. The molecule has 4 aromatic rings. The molecule has 43 heavy (non-hydrogen) atoms. The number of Topliss-reactive ketones (excluding diaryl/α,β-unsaturated/α-hetero) is 1. The Kier molecular flexibility index (Phi) is 8.08. The topological polar surface area (TPSA) is 140 Å². The highest BCUT2D eigenvalue weighted by Crippen LogP contribution is 2.39. The molecule has 0 unspecified atom stereocenters. The molecule has 2 amide bonds. The van der Waals surface area contributed by atoms with Gasteiger partial charge in [0.2, 0.25) is 0 Å². The zero-order valence-corrected chi connectivity index (χ0v) is 23.8. The fourth-order valence-electron chi connectivity index (χ4n) is 4.87. The van der Waals surface area contributed by atoms with Crippen molar-refractivity contribution in [2.45, 2.75) is 33.5 Å². The number of halogens is 3. The first-order valence-electron chi connectivity index (χ1n) is 13.5. The molecule has 1 saturated heterocycles. The molecule has 1 aromatic carbocycles. The van der Waals surface area contributed by atoms with Crippen LogP contribution in [0.3, 0.4) is 0 Å². The Bertz CT molecular complexity index is 1660. The summed E-state index contributed by atoms with van der Waals surface area (Å²) in [5.41, 5.74) is 7.96. The fourth-order valence-corrected chi connectivity index (χ4v) is 4.87. The van der Waals surface area contributed by atoms with Crippen LogP contribution in [-0.4, -0.2) is 62.6 Å². The lowest BCUT2D eigenvalue weighted by Gasteiger charge is -2.27. The number of carbonyl (C=O) groups is 2. The van der Waals surface area contributed by atoms with E-state index < -0.39 is 23.2 Å². The van der Waals surface area contributed by atoms with Crippen LogP contribution in [0.2, 0.25) is 0 Å². The Morgan fingerprint density at radius 3 is 2.37 bits per heavy atom. The first-order valence-corrected chi connectivity index (χ1v) is 13.5. The van der Waals surface area contributed by atoms with Crippen LogP contribution in [0.25, 0.3) is 16.6 Å². The predicted molar refractivity (Wildman–Crippen MR) is 155 cm³/mol. The van der Waals surface area contributed by atoms with Crippen molar-refractivity contribution in [2.24, 2.45) is 5.41 Å². The number of nitrogens with one attached hydrogen (secondary N) is 2. The highest BCUT2D eigenvalue weighted by atomic mass is 19.4. The number of ether oxygens (including phenoxy) is 1. The maximum absolute atomic E-state index is 14.0. The van der Waals surface area contributed by atoms with E-state index in [0.717, 1.165) is 18.3 Å². The molecule has 0 aliphatic carbocycles. The van der Waals surface area contributed by atoms with Gasteiger partial charge in [0.05, 0.1) is 30.0 Å². The van der Waals surface area contributed by atoms with Crippen LogP contribution >= 0.6 is 0 Å². The zero-order valence-electron chi connectivity index (χ0n) is 23.8. The van der Waals surface area contributed by atoms with Gasteiger partial charge in [-0.1, -0.05) is 32.9 Å². The Morgan fingerprint density at radius 2 is 1.72 bits per heavy atom. The summed E-state index contributed by atoms with van der Waals surface area (Å²) in [6, 6.07) is 7.46. The summed E-state index contributed by atoms with van der Waals surface area (Å²) in [4.78, 5) is 36.7. The number of alkyl halides is 3. The van der Waals surface area contributed by atoms with Crippen LogP contribution in [0, 0.1) is 5.41 Å². The molecule has 0 spiro atoms. The molecule has 3 aromatic heterocycles. The number of nitrogens with zero attached hydrogens (tertiary/aromatic N) is 5. The number of benzene rings is 1. The quantitative estimate of drug-likeness (QED) is 0.261. The van der Waals surface area contributed by atoms with Gasteiger partial charge in [-0.3, -0.25) is 15.0 Å². The highest BCUT2D eigenvalue weighted by Gasteiger charge is 2.34. The number of ketones is 1. The van der Waals surface area contributed by atoms with Crippen molar-refractivity contribution in [3.05, 3.63) is 65.7 Å². The van der Waals surface area contributed by atoms with E-state index in [2.05, 4.69) is 30.6 Å². The Morgan fingerprint density at radius 1 is 1.02 bits per heavy atom. The first kappa shape index (κ1) is 29.9. The lowest BCUT2D eigenvalue weighted by atomic mass is 9.83. The maximum Gasteiger partial charge on any atom is 0.416 e. The summed E-state index contributed by atoms with van der Waals surface area (Å²) in [6.45, 7) is 8.56. The van der Waals surface area contributed by atoms with E-state index >= 15 is 0 Å². The van der Waals surface area contributed by atoms with Gasteiger partial charge < -0.3 is 15.8 Å². The largest absolute Gasteiger partial charge is 0.416 e. The average molecular weight is 597 g/mol. The number of carbonyl (C=O) groups excluding carboxylic acids is 2. The summed E-state index contributed by atoms with van der Waals surface area (Å²) < 4.78 is 46.2. The molecular weight excluding hydrogens is 565 g/mol. The SMILES string of the molecule is CC(C)(C)C(=O)c1c(-c2ccc(NC(=O)Nc3cc(C(F)(F)F)ccn3)cc2)c2c(N)ncnn2c1CN1CCOCC1. The van der Waals surface area contributed by atoms with Gasteiger partial charge in [0.1, 0.15) is 17.7 Å². The van der Waals surface area contributed by atoms with Gasteiger partial charge in [-0.05, 0) is 29.8 Å². The van der Waals surface area contributed by atoms with Crippen LogP contribution in [0.1, 0.15) is 42.4 Å². The minimum Gasteiger partial charge on any atom is -0.382 e. The maximum atomic E-state index is 14.0. The van der Waals surface area contributed by atoms with Crippen molar-refractivity contribution in [2.75, 3.05) is 42.7 Å². The number of nitrogens with two attached hydrogens (primary N) is 1. The number of hydrogen-bond acceptors (Lipinski definition) is 8. The normalized spacial score (nSPS) is 14.6. The summed E-state index contributed by atoms with van der Waals surface area (Å²) in [7, 11) is 0. The van der Waals surface area contributed by atoms with E-state index in [1.54, 1.807) is 28.8 Å². The number of amides is 2. The predicted octanol–water partition coefficient (Wildman–Crippen LogP) is 5.10. The molecular formula is C29H31F3N8O3. The third kappa shape index (κ3) is 6.44. The van der Waals surface area contributed by atoms with Crippen LogP contribution in [0.15, 0.2) is 48.9 Å². The number of anilines is 3. The molecule has 11 nitrogen and oxygen atoms in total. The Balaban J connectivity index is 1.49. The molecule has 0 saturated carbocycles. The van der Waals surface area contributed by atoms with Crippen molar-refractivity contribution in [1.29, 1.82) is 0 Å². The molecule has 0 atom stereocenters. The zero-order chi connectivity index (χ0) is 30.9. The highest BCUT2D eigenvalue weighted by molar-refractivity contribution is 6.11. The van der Waals surface area contributed by atoms with E-state index in [9.17, 15) is 22.8 Å².